The van der Waals surface area contributed by atoms with E-state index in [1.807, 2.05) is 78.9 Å². The number of ether oxygens (including phenoxy) is 2. The van der Waals surface area contributed by atoms with Crippen LogP contribution in [0.2, 0.25) is 0 Å². The molecule has 0 bridgehead atoms. The Morgan fingerprint density at radius 3 is 2.23 bits per heavy atom. The maximum Gasteiger partial charge on any atom is 0.408 e. The zero-order chi connectivity index (χ0) is 33.1. The molecule has 3 aliphatic rings. The minimum Gasteiger partial charge on any atom is -0.448 e. The standard InChI is InChI=1S/C36H36N4O6S/c1-36(2,3)46-35(44)39-28-32(42)40-29(34(43)45-30(22-12-6-4-7-13-22)23-14-8-5-9-15-23)27(21-47-33(28)40)26(25-17-19-38-31(25)41)20-24-16-10-11-18-37-24/h4-16,18,28,30,33H,17,19-21H2,1-3H3,(H,38,41)(H,39,44)/t28-,33-/m1/s1. The van der Waals surface area contributed by atoms with E-state index in [-0.39, 0.29) is 18.0 Å². The molecule has 242 valence electrons. The Hall–Kier alpha value is -4.90. The molecule has 4 heterocycles. The van der Waals surface area contributed by atoms with Crippen LogP contribution in [-0.4, -0.2) is 63.1 Å². The molecular weight excluding hydrogens is 616 g/mol. The number of allylic oxidation sites excluding steroid dienone is 1. The summed E-state index contributed by atoms with van der Waals surface area (Å²) < 4.78 is 11.7. The van der Waals surface area contributed by atoms with E-state index < -0.39 is 41.1 Å². The summed E-state index contributed by atoms with van der Waals surface area (Å²) in [4.78, 5) is 60.0. The largest absolute Gasteiger partial charge is 0.448 e. The third-order valence-electron chi connectivity index (χ3n) is 8.01. The number of rotatable bonds is 8. The van der Waals surface area contributed by atoms with E-state index in [0.29, 0.717) is 41.1 Å². The quantitative estimate of drug-likeness (QED) is 0.201. The number of thioether (sulfide) groups is 1. The van der Waals surface area contributed by atoms with E-state index in [9.17, 15) is 19.2 Å². The maximum absolute atomic E-state index is 14.5. The van der Waals surface area contributed by atoms with Crippen molar-refractivity contribution in [2.75, 3.05) is 12.3 Å². The molecule has 0 unspecified atom stereocenters. The van der Waals surface area contributed by atoms with E-state index in [2.05, 4.69) is 15.6 Å². The highest BCUT2D eigenvalue weighted by atomic mass is 32.2. The zero-order valence-corrected chi connectivity index (χ0v) is 27.2. The molecule has 11 heteroatoms. The van der Waals surface area contributed by atoms with Gasteiger partial charge in [-0.05, 0) is 61.6 Å². The molecule has 3 amide bonds. The molecule has 3 aromatic rings. The van der Waals surface area contributed by atoms with Crippen molar-refractivity contribution in [2.24, 2.45) is 0 Å². The average molecular weight is 653 g/mol. The lowest BCUT2D eigenvalue weighted by Gasteiger charge is -2.50. The number of carbonyl (C=O) groups is 4. The van der Waals surface area contributed by atoms with Crippen molar-refractivity contribution in [1.82, 2.24) is 20.5 Å². The Balaban J connectivity index is 1.43. The van der Waals surface area contributed by atoms with Crippen LogP contribution in [0.1, 0.15) is 50.1 Å². The van der Waals surface area contributed by atoms with Crippen molar-refractivity contribution in [3.8, 4) is 0 Å². The Kier molecular flexibility index (Phi) is 9.17. The average Bonchev–Trinajstić information content (AvgIpc) is 3.50. The molecule has 2 atom stereocenters. The number of amides is 3. The Bertz CT molecular complexity index is 1700. The number of alkyl carbamates (subject to hydrolysis) is 1. The normalized spacial score (nSPS) is 20.3. The first-order valence-electron chi connectivity index (χ1n) is 15.5. The van der Waals surface area contributed by atoms with Gasteiger partial charge >= 0.3 is 12.1 Å². The SMILES string of the molecule is CC(C)(C)OC(=O)N[C@@H]1C(=O)N2C(C(=O)OC(c3ccccc3)c3ccccc3)=C(C(Cc3ccccn3)=C3CCNC3=O)CS[C@H]12. The number of pyridine rings is 1. The summed E-state index contributed by atoms with van der Waals surface area (Å²) in [5, 5.41) is 4.99. The molecule has 2 fully saturated rings. The minimum atomic E-state index is -0.903. The number of hydrogen-bond donors (Lipinski definition) is 2. The predicted molar refractivity (Wildman–Crippen MR) is 177 cm³/mol. The van der Waals surface area contributed by atoms with E-state index in [0.717, 1.165) is 11.1 Å². The number of nitrogens with zero attached hydrogens (tertiary/aromatic N) is 2. The van der Waals surface area contributed by atoms with Crippen molar-refractivity contribution in [2.45, 2.75) is 56.7 Å². The molecule has 0 radical (unpaired) electrons. The summed E-state index contributed by atoms with van der Waals surface area (Å²) in [5.74, 6) is -1.09. The molecule has 2 saturated heterocycles. The van der Waals surface area contributed by atoms with Gasteiger partial charge in [0.1, 0.15) is 22.7 Å². The van der Waals surface area contributed by atoms with E-state index in [1.54, 1.807) is 27.0 Å². The second kappa shape index (κ2) is 13.4. The molecule has 1 aromatic heterocycles. The highest BCUT2D eigenvalue weighted by Gasteiger charge is 2.55. The number of aromatic nitrogens is 1. The minimum absolute atomic E-state index is 0.0657. The van der Waals surface area contributed by atoms with E-state index in [1.165, 1.54) is 16.7 Å². The van der Waals surface area contributed by atoms with E-state index >= 15 is 0 Å². The summed E-state index contributed by atoms with van der Waals surface area (Å²) in [5.41, 5.74) is 3.28. The Morgan fingerprint density at radius 2 is 1.66 bits per heavy atom. The molecule has 2 aromatic carbocycles. The maximum atomic E-state index is 14.5. The number of esters is 1. The highest BCUT2D eigenvalue weighted by Crippen LogP contribution is 2.45. The van der Waals surface area contributed by atoms with Gasteiger partial charge in [-0.15, -0.1) is 11.8 Å². The first kappa shape index (κ1) is 32.1. The van der Waals surface area contributed by atoms with Gasteiger partial charge < -0.3 is 20.1 Å². The number of benzene rings is 2. The molecule has 47 heavy (non-hydrogen) atoms. The fraction of sp³-hybridized carbons (Fsp3) is 0.306. The van der Waals surface area contributed by atoms with Gasteiger partial charge in [0.05, 0.1) is 0 Å². The van der Waals surface area contributed by atoms with Crippen LogP contribution in [0.4, 0.5) is 4.79 Å². The van der Waals surface area contributed by atoms with Crippen LogP contribution in [0.5, 0.6) is 0 Å². The van der Waals surface area contributed by atoms with Gasteiger partial charge in [0.25, 0.3) is 5.91 Å². The van der Waals surface area contributed by atoms with Gasteiger partial charge in [-0.25, -0.2) is 9.59 Å². The summed E-state index contributed by atoms with van der Waals surface area (Å²) in [6, 6.07) is 23.4. The second-order valence-corrected chi connectivity index (χ2v) is 13.5. The van der Waals surface area contributed by atoms with Crippen LogP contribution in [0.25, 0.3) is 0 Å². The summed E-state index contributed by atoms with van der Waals surface area (Å²) in [7, 11) is 0. The number of nitrogens with one attached hydrogen (secondary N) is 2. The molecule has 0 saturated carbocycles. The first-order valence-corrected chi connectivity index (χ1v) is 16.5. The fourth-order valence-electron chi connectivity index (χ4n) is 5.91. The number of β-lactam (4-membered cyclic amide) rings is 1. The monoisotopic (exact) mass is 652 g/mol. The lowest BCUT2D eigenvalue weighted by molar-refractivity contribution is -0.153. The fourth-order valence-corrected chi connectivity index (χ4v) is 7.29. The molecule has 6 rings (SSSR count). The Labute approximate surface area is 277 Å². The van der Waals surface area contributed by atoms with Gasteiger partial charge in [0, 0.05) is 36.2 Å². The van der Waals surface area contributed by atoms with Crippen molar-refractivity contribution in [1.29, 1.82) is 0 Å². The van der Waals surface area contributed by atoms with Gasteiger partial charge in [0.2, 0.25) is 5.91 Å². The van der Waals surface area contributed by atoms with Crippen molar-refractivity contribution >= 4 is 35.6 Å². The van der Waals surface area contributed by atoms with Crippen LogP contribution in [0.3, 0.4) is 0 Å². The lowest BCUT2D eigenvalue weighted by Crippen LogP contribution is -2.70. The van der Waals surface area contributed by atoms with Crippen LogP contribution in [-0.2, 0) is 30.3 Å². The van der Waals surface area contributed by atoms with Crippen molar-refractivity contribution in [3.63, 3.8) is 0 Å². The summed E-state index contributed by atoms with van der Waals surface area (Å²) in [6.07, 6.45) is 0.944. The van der Waals surface area contributed by atoms with Crippen LogP contribution in [0.15, 0.2) is 107 Å². The molecule has 0 spiro atoms. The summed E-state index contributed by atoms with van der Waals surface area (Å²) >= 11 is 1.41. The van der Waals surface area contributed by atoms with Gasteiger partial charge in [-0.2, -0.15) is 0 Å². The molecule has 0 aliphatic carbocycles. The van der Waals surface area contributed by atoms with Crippen LogP contribution in [0, 0.1) is 0 Å². The third kappa shape index (κ3) is 6.95. The number of carbonyl (C=O) groups excluding carboxylic acids is 4. The first-order chi connectivity index (χ1) is 22.6. The third-order valence-corrected chi connectivity index (χ3v) is 9.29. The lowest BCUT2D eigenvalue weighted by atomic mass is 9.91. The smallest absolute Gasteiger partial charge is 0.408 e. The van der Waals surface area contributed by atoms with Gasteiger partial charge in [-0.3, -0.25) is 19.5 Å². The summed E-state index contributed by atoms with van der Waals surface area (Å²) in [6.45, 7) is 5.69. The van der Waals surface area contributed by atoms with Crippen molar-refractivity contribution in [3.05, 3.63) is 124 Å². The van der Waals surface area contributed by atoms with E-state index in [4.69, 9.17) is 9.47 Å². The van der Waals surface area contributed by atoms with Gasteiger partial charge in [-0.1, -0.05) is 66.7 Å². The van der Waals surface area contributed by atoms with Crippen molar-refractivity contribution < 1.29 is 28.7 Å². The van der Waals surface area contributed by atoms with Gasteiger partial charge in [0.15, 0.2) is 6.10 Å². The second-order valence-electron chi connectivity index (χ2n) is 12.4. The molecule has 2 N–H and O–H groups in total. The number of hydrogen-bond acceptors (Lipinski definition) is 8. The Morgan fingerprint density at radius 1 is 1.00 bits per heavy atom. The zero-order valence-electron chi connectivity index (χ0n) is 26.4. The topological polar surface area (TPSA) is 127 Å². The number of fused-ring (bicyclic) bond motifs is 1. The van der Waals surface area contributed by atoms with Crippen LogP contribution < -0.4 is 10.6 Å². The highest BCUT2D eigenvalue weighted by molar-refractivity contribution is 8.00. The molecule has 10 nitrogen and oxygen atoms in total. The molecular formula is C36H36N4O6S. The van der Waals surface area contributed by atoms with Crippen LogP contribution >= 0.6 is 11.8 Å². The predicted octanol–water partition coefficient (Wildman–Crippen LogP) is 4.84. The molecule has 3 aliphatic heterocycles.